The Morgan fingerprint density at radius 3 is 2.22 bits per heavy atom. The Labute approximate surface area is 162 Å². The molecular weight excluding hydrogens is 368 g/mol. The lowest BCUT2D eigenvalue weighted by molar-refractivity contribution is -0.150. The number of anilines is 1. The lowest BCUT2D eigenvalue weighted by Crippen LogP contribution is -2.45. The highest BCUT2D eigenvalue weighted by Crippen LogP contribution is 2.13. The molecule has 0 aliphatic carbocycles. The monoisotopic (exact) mass is 388 g/mol. The van der Waals surface area contributed by atoms with Crippen molar-refractivity contribution < 1.29 is 19.1 Å². The molecule has 0 spiro atoms. The van der Waals surface area contributed by atoms with E-state index in [0.29, 0.717) is 16.3 Å². The highest BCUT2D eigenvalue weighted by Gasteiger charge is 2.26. The fourth-order valence-corrected chi connectivity index (χ4v) is 2.39. The lowest BCUT2D eigenvalue weighted by atomic mass is 10.0. The highest BCUT2D eigenvalue weighted by molar-refractivity contribution is 6.30. The van der Waals surface area contributed by atoms with Gasteiger partial charge in [0.25, 0.3) is 11.8 Å². The van der Waals surface area contributed by atoms with Gasteiger partial charge in [-0.1, -0.05) is 43.6 Å². The SMILES string of the molecule is CC(C)C(NC(=O)c1ccccc1)C(=O)OCC(=O)Nc1ccc(Cl)cc1. The maximum atomic E-state index is 12.3. The van der Waals surface area contributed by atoms with Crippen molar-refractivity contribution in [2.24, 2.45) is 5.92 Å². The number of nitrogens with one attached hydrogen (secondary N) is 2. The third-order valence-corrected chi connectivity index (χ3v) is 3.97. The van der Waals surface area contributed by atoms with Crippen LogP contribution in [0.25, 0.3) is 0 Å². The summed E-state index contributed by atoms with van der Waals surface area (Å²) in [5, 5.41) is 5.80. The first-order chi connectivity index (χ1) is 12.9. The fraction of sp³-hybridized carbons (Fsp3) is 0.250. The smallest absolute Gasteiger partial charge is 0.329 e. The van der Waals surface area contributed by atoms with Gasteiger partial charge < -0.3 is 15.4 Å². The molecule has 1 atom stereocenters. The molecule has 6 nitrogen and oxygen atoms in total. The van der Waals surface area contributed by atoms with E-state index in [4.69, 9.17) is 16.3 Å². The van der Waals surface area contributed by atoms with E-state index in [0.717, 1.165) is 0 Å². The van der Waals surface area contributed by atoms with Gasteiger partial charge in [-0.15, -0.1) is 0 Å². The summed E-state index contributed by atoms with van der Waals surface area (Å²) in [6, 6.07) is 14.3. The molecule has 2 N–H and O–H groups in total. The lowest BCUT2D eigenvalue weighted by Gasteiger charge is -2.20. The Bertz CT molecular complexity index is 791. The normalized spacial score (nSPS) is 11.6. The Morgan fingerprint density at radius 1 is 1.00 bits per heavy atom. The van der Waals surface area contributed by atoms with Crippen LogP contribution in [0.2, 0.25) is 5.02 Å². The summed E-state index contributed by atoms with van der Waals surface area (Å²) in [5.74, 6) is -1.73. The van der Waals surface area contributed by atoms with Crippen LogP contribution in [-0.2, 0) is 14.3 Å². The van der Waals surface area contributed by atoms with Gasteiger partial charge in [0.05, 0.1) is 0 Å². The largest absolute Gasteiger partial charge is 0.454 e. The third-order valence-electron chi connectivity index (χ3n) is 3.72. The topological polar surface area (TPSA) is 84.5 Å². The zero-order valence-electron chi connectivity index (χ0n) is 15.1. The molecule has 0 saturated carbocycles. The summed E-state index contributed by atoms with van der Waals surface area (Å²) in [4.78, 5) is 36.5. The first-order valence-electron chi connectivity index (χ1n) is 8.45. The minimum Gasteiger partial charge on any atom is -0.454 e. The molecule has 0 aliphatic heterocycles. The summed E-state index contributed by atoms with van der Waals surface area (Å²) in [6.07, 6.45) is 0. The van der Waals surface area contributed by atoms with E-state index in [-0.39, 0.29) is 11.8 Å². The predicted octanol–water partition coefficient (Wildman–Crippen LogP) is 3.28. The second-order valence-corrected chi connectivity index (χ2v) is 6.66. The van der Waals surface area contributed by atoms with Crippen molar-refractivity contribution in [2.45, 2.75) is 19.9 Å². The summed E-state index contributed by atoms with van der Waals surface area (Å²) in [5.41, 5.74) is 0.981. The summed E-state index contributed by atoms with van der Waals surface area (Å²) >= 11 is 5.78. The first kappa shape index (κ1) is 20.5. The molecule has 0 heterocycles. The van der Waals surface area contributed by atoms with Crippen molar-refractivity contribution in [2.75, 3.05) is 11.9 Å². The number of carbonyl (C=O) groups excluding carboxylic acids is 3. The summed E-state index contributed by atoms with van der Waals surface area (Å²) < 4.78 is 5.07. The van der Waals surface area contributed by atoms with Crippen LogP contribution in [0.15, 0.2) is 54.6 Å². The molecule has 27 heavy (non-hydrogen) atoms. The number of rotatable bonds is 7. The van der Waals surface area contributed by atoms with Crippen molar-refractivity contribution in [1.82, 2.24) is 5.32 Å². The van der Waals surface area contributed by atoms with Gasteiger partial charge in [0.15, 0.2) is 6.61 Å². The molecule has 2 aromatic rings. The van der Waals surface area contributed by atoms with Gasteiger partial charge >= 0.3 is 5.97 Å². The number of hydrogen-bond donors (Lipinski definition) is 2. The number of halogens is 1. The molecule has 2 rings (SSSR count). The van der Waals surface area contributed by atoms with Crippen molar-refractivity contribution in [3.63, 3.8) is 0 Å². The van der Waals surface area contributed by atoms with Gasteiger partial charge in [-0.3, -0.25) is 9.59 Å². The van der Waals surface area contributed by atoms with Crippen LogP contribution < -0.4 is 10.6 Å². The predicted molar refractivity (Wildman–Crippen MR) is 104 cm³/mol. The van der Waals surface area contributed by atoms with Crippen LogP contribution in [0.5, 0.6) is 0 Å². The third kappa shape index (κ3) is 6.42. The number of carbonyl (C=O) groups is 3. The quantitative estimate of drug-likeness (QED) is 0.713. The standard InChI is InChI=1S/C20H21ClN2O4/c1-13(2)18(23-19(25)14-6-4-3-5-7-14)20(26)27-12-17(24)22-16-10-8-15(21)9-11-16/h3-11,13,18H,12H2,1-2H3,(H,22,24)(H,23,25). The molecule has 2 aromatic carbocycles. The van der Waals surface area contributed by atoms with Crippen LogP contribution in [-0.4, -0.2) is 30.4 Å². The Morgan fingerprint density at radius 2 is 1.63 bits per heavy atom. The van der Waals surface area contributed by atoms with Gasteiger partial charge in [-0.25, -0.2) is 4.79 Å². The maximum absolute atomic E-state index is 12.3. The van der Waals surface area contributed by atoms with Crippen molar-refractivity contribution in [3.8, 4) is 0 Å². The number of esters is 1. The average Bonchev–Trinajstić information content (AvgIpc) is 2.66. The average molecular weight is 389 g/mol. The van der Waals surface area contributed by atoms with E-state index in [1.807, 2.05) is 0 Å². The molecule has 1 unspecified atom stereocenters. The van der Waals surface area contributed by atoms with E-state index in [9.17, 15) is 14.4 Å². The number of hydrogen-bond acceptors (Lipinski definition) is 4. The molecule has 142 valence electrons. The molecule has 0 fully saturated rings. The molecule has 0 saturated heterocycles. The Kier molecular flexibility index (Phi) is 7.37. The maximum Gasteiger partial charge on any atom is 0.329 e. The Hall–Kier alpha value is -2.86. The van der Waals surface area contributed by atoms with E-state index in [2.05, 4.69) is 10.6 Å². The molecule has 0 radical (unpaired) electrons. The zero-order chi connectivity index (χ0) is 19.8. The summed E-state index contributed by atoms with van der Waals surface area (Å²) in [6.45, 7) is 3.11. The Balaban J connectivity index is 1.89. The minimum absolute atomic E-state index is 0.204. The second kappa shape index (κ2) is 9.73. The van der Waals surface area contributed by atoms with Crippen LogP contribution in [0.1, 0.15) is 24.2 Å². The van der Waals surface area contributed by atoms with Gasteiger partial charge in [-0.2, -0.15) is 0 Å². The van der Waals surface area contributed by atoms with Crippen molar-refractivity contribution >= 4 is 35.1 Å². The summed E-state index contributed by atoms with van der Waals surface area (Å²) in [7, 11) is 0. The van der Waals surface area contributed by atoms with Gasteiger partial charge in [0.1, 0.15) is 6.04 Å². The van der Waals surface area contributed by atoms with E-state index < -0.39 is 24.5 Å². The minimum atomic E-state index is -0.860. The van der Waals surface area contributed by atoms with Crippen molar-refractivity contribution in [1.29, 1.82) is 0 Å². The first-order valence-corrected chi connectivity index (χ1v) is 8.82. The van der Waals surface area contributed by atoms with Gasteiger partial charge in [0.2, 0.25) is 0 Å². The van der Waals surface area contributed by atoms with Crippen LogP contribution >= 0.6 is 11.6 Å². The van der Waals surface area contributed by atoms with E-state index in [1.165, 1.54) is 0 Å². The van der Waals surface area contributed by atoms with Crippen LogP contribution in [0.3, 0.4) is 0 Å². The second-order valence-electron chi connectivity index (χ2n) is 6.22. The number of amides is 2. The van der Waals surface area contributed by atoms with Crippen LogP contribution in [0, 0.1) is 5.92 Å². The fourth-order valence-electron chi connectivity index (χ4n) is 2.27. The number of benzene rings is 2. The zero-order valence-corrected chi connectivity index (χ0v) is 15.8. The molecule has 0 aromatic heterocycles. The number of ether oxygens (including phenoxy) is 1. The molecular formula is C20H21ClN2O4. The molecule has 0 aliphatic rings. The highest BCUT2D eigenvalue weighted by atomic mass is 35.5. The molecule has 7 heteroatoms. The van der Waals surface area contributed by atoms with Gasteiger partial charge in [0, 0.05) is 16.3 Å². The van der Waals surface area contributed by atoms with Crippen LogP contribution in [0.4, 0.5) is 5.69 Å². The van der Waals surface area contributed by atoms with E-state index >= 15 is 0 Å². The van der Waals surface area contributed by atoms with E-state index in [1.54, 1.807) is 68.4 Å². The molecule has 0 bridgehead atoms. The molecule has 2 amide bonds. The van der Waals surface area contributed by atoms with Gasteiger partial charge in [-0.05, 0) is 42.3 Å². The van der Waals surface area contributed by atoms with Crippen molar-refractivity contribution in [3.05, 3.63) is 65.2 Å².